The summed E-state index contributed by atoms with van der Waals surface area (Å²) in [5.74, 6) is 0. The van der Waals surface area contributed by atoms with Crippen molar-refractivity contribution >= 4 is 96.9 Å². The van der Waals surface area contributed by atoms with Crippen LogP contribution in [0.25, 0.3) is 0 Å². The second-order valence-corrected chi connectivity index (χ2v) is 0. The smallest absolute Gasteiger partial charge is 0 e. The Bertz CT molecular complexity index is 8.00. The van der Waals surface area contributed by atoms with Crippen LogP contribution in [0.4, 0.5) is 0 Å². The topological polar surface area (TPSA) is 0 Å². The predicted octanol–water partition coefficient (Wildman–Crippen LogP) is -1.57. The van der Waals surface area contributed by atoms with E-state index in [4.69, 9.17) is 0 Å². The summed E-state index contributed by atoms with van der Waals surface area (Å²) in [4.78, 5) is 0. The van der Waals surface area contributed by atoms with Gasteiger partial charge < -0.3 is 0 Å². The molecular formula is H3CrKSrZn. The molecule has 0 saturated heterocycles. The first kappa shape index (κ1) is 24.0. The van der Waals surface area contributed by atoms with Crippen LogP contribution in [0.5, 0.6) is 0 Å². The zero-order valence-corrected chi connectivity index (χ0v) is 5.36. The molecule has 0 atom stereocenters. The van der Waals surface area contributed by atoms with Crippen molar-refractivity contribution in [2.75, 3.05) is 0 Å². The summed E-state index contributed by atoms with van der Waals surface area (Å²) >= 11 is 0. The van der Waals surface area contributed by atoms with Crippen molar-refractivity contribution in [2.24, 2.45) is 0 Å². The summed E-state index contributed by atoms with van der Waals surface area (Å²) in [7, 11) is 0. The second kappa shape index (κ2) is 15.7. The van der Waals surface area contributed by atoms with Crippen LogP contribution in [-0.2, 0) is 36.8 Å². The van der Waals surface area contributed by atoms with Crippen molar-refractivity contribution in [3.63, 3.8) is 0 Å². The molecule has 0 aliphatic rings. The summed E-state index contributed by atoms with van der Waals surface area (Å²) in [6.45, 7) is 0. The molecule has 0 aliphatic carbocycles. The largest absolute Gasteiger partial charge is 0 e. The van der Waals surface area contributed by atoms with E-state index >= 15 is 0 Å². The van der Waals surface area contributed by atoms with Crippen molar-refractivity contribution in [2.45, 2.75) is 0 Å². The Kier molecular flexibility index (Phi) is 93.9. The maximum Gasteiger partial charge on any atom is 0 e. The average molecular weight is 247 g/mol. The van der Waals surface area contributed by atoms with Crippen molar-refractivity contribution in [1.29, 1.82) is 0 Å². The van der Waals surface area contributed by atoms with Crippen molar-refractivity contribution < 1.29 is 36.8 Å². The molecule has 0 N–H and O–H groups in total. The van der Waals surface area contributed by atoms with Crippen LogP contribution in [0.3, 0.4) is 0 Å². The molecule has 0 nitrogen and oxygen atoms in total. The molecule has 0 aromatic heterocycles. The molecular weight excluding hydrogens is 244 g/mol. The maximum absolute atomic E-state index is 0. The third-order valence-electron chi connectivity index (χ3n) is 0. The fourth-order valence-corrected chi connectivity index (χ4v) is 0. The Morgan fingerprint density at radius 3 is 1.00 bits per heavy atom. The molecule has 0 bridgehead atoms. The molecule has 0 fully saturated rings. The molecule has 0 unspecified atom stereocenters. The zero-order chi connectivity index (χ0) is 0. The fraction of sp³-hybridized carbons (Fsp3) is 0. The Morgan fingerprint density at radius 1 is 1.00 bits per heavy atom. The molecule has 0 radical (unpaired) electrons. The van der Waals surface area contributed by atoms with E-state index in [1.54, 1.807) is 0 Å². The number of rotatable bonds is 0. The summed E-state index contributed by atoms with van der Waals surface area (Å²) in [6, 6.07) is 0. The summed E-state index contributed by atoms with van der Waals surface area (Å²) < 4.78 is 0. The van der Waals surface area contributed by atoms with Crippen LogP contribution in [0.15, 0.2) is 0 Å². The van der Waals surface area contributed by atoms with Gasteiger partial charge in [0.25, 0.3) is 0 Å². The van der Waals surface area contributed by atoms with Gasteiger partial charge in [-0.05, 0) is 0 Å². The molecule has 4 heteroatoms. The Morgan fingerprint density at radius 2 is 1.00 bits per heavy atom. The van der Waals surface area contributed by atoms with Crippen molar-refractivity contribution in [3.8, 4) is 0 Å². The van der Waals surface area contributed by atoms with E-state index in [-0.39, 0.29) is 134 Å². The average Bonchev–Trinajstić information content (AvgIpc) is 0. The van der Waals surface area contributed by atoms with E-state index in [9.17, 15) is 0 Å². The first-order valence-corrected chi connectivity index (χ1v) is 0. The molecule has 0 rings (SSSR count). The quantitative estimate of drug-likeness (QED) is 0.454. The molecule has 0 aromatic carbocycles. The Hall–Kier alpha value is 4.27. The van der Waals surface area contributed by atoms with Gasteiger partial charge >= 0.3 is 96.9 Å². The van der Waals surface area contributed by atoms with Gasteiger partial charge in [0, 0.05) is 36.8 Å². The third kappa shape index (κ3) is 9.55. The normalized spacial score (nSPS) is 0. The minimum absolute atomic E-state index is 0. The van der Waals surface area contributed by atoms with Crippen LogP contribution in [0, 0.1) is 0 Å². The van der Waals surface area contributed by atoms with Crippen molar-refractivity contribution in [1.82, 2.24) is 0 Å². The molecule has 4 heavy (non-hydrogen) atoms. The first-order valence-electron chi connectivity index (χ1n) is 0. The molecule has 0 aliphatic heterocycles. The van der Waals surface area contributed by atoms with Gasteiger partial charge in [-0.3, -0.25) is 0 Å². The van der Waals surface area contributed by atoms with Crippen LogP contribution < -0.4 is 0 Å². The molecule has 0 saturated carbocycles. The minimum Gasteiger partial charge on any atom is 0 e. The van der Waals surface area contributed by atoms with Gasteiger partial charge in [-0.1, -0.05) is 0 Å². The van der Waals surface area contributed by atoms with E-state index < -0.39 is 0 Å². The Labute approximate surface area is 129 Å². The molecule has 0 amide bonds. The molecule has 0 aromatic rings. The number of hydrogen-bond acceptors (Lipinski definition) is 0. The van der Waals surface area contributed by atoms with Gasteiger partial charge in [-0.2, -0.15) is 0 Å². The molecule has 0 spiro atoms. The minimum atomic E-state index is 0. The van der Waals surface area contributed by atoms with Gasteiger partial charge in [0.1, 0.15) is 0 Å². The SMILES string of the molecule is [Cr].[KH].[SrH2].[Zn]. The van der Waals surface area contributed by atoms with E-state index in [1.165, 1.54) is 0 Å². The zero-order valence-electron chi connectivity index (χ0n) is 1.12. The summed E-state index contributed by atoms with van der Waals surface area (Å²) in [6.07, 6.45) is 0. The van der Waals surface area contributed by atoms with E-state index in [0.717, 1.165) is 0 Å². The molecule has 0 heterocycles. The van der Waals surface area contributed by atoms with Gasteiger partial charge in [-0.25, -0.2) is 0 Å². The summed E-state index contributed by atoms with van der Waals surface area (Å²) in [5, 5.41) is 0. The monoisotopic (exact) mass is 246 g/mol. The second-order valence-electron chi connectivity index (χ2n) is 0. The standard InChI is InChI=1S/Cr.K.Sr.Zn.3H. The van der Waals surface area contributed by atoms with Gasteiger partial charge in [0.05, 0.1) is 0 Å². The number of hydrogen-bond donors (Lipinski definition) is 0. The van der Waals surface area contributed by atoms with E-state index in [2.05, 4.69) is 0 Å². The maximum atomic E-state index is 0. The van der Waals surface area contributed by atoms with E-state index in [1.807, 2.05) is 0 Å². The fourth-order valence-electron chi connectivity index (χ4n) is 0. The van der Waals surface area contributed by atoms with Gasteiger partial charge in [0.2, 0.25) is 0 Å². The van der Waals surface area contributed by atoms with Crippen molar-refractivity contribution in [3.05, 3.63) is 0 Å². The molecule has 14 valence electrons. The third-order valence-corrected chi connectivity index (χ3v) is 0. The predicted molar refractivity (Wildman–Crippen MR) is 15.7 cm³/mol. The van der Waals surface area contributed by atoms with Gasteiger partial charge in [0.15, 0.2) is 0 Å². The Balaban J connectivity index is 0. The first-order chi connectivity index (χ1) is 0. The van der Waals surface area contributed by atoms with Gasteiger partial charge in [-0.15, -0.1) is 0 Å². The van der Waals surface area contributed by atoms with Crippen LogP contribution in [0.2, 0.25) is 0 Å². The van der Waals surface area contributed by atoms with Crippen LogP contribution in [-0.4, -0.2) is 96.9 Å². The van der Waals surface area contributed by atoms with Crippen LogP contribution in [0.1, 0.15) is 0 Å². The van der Waals surface area contributed by atoms with Crippen LogP contribution >= 0.6 is 0 Å². The van der Waals surface area contributed by atoms with E-state index in [0.29, 0.717) is 0 Å². The summed E-state index contributed by atoms with van der Waals surface area (Å²) in [5.41, 5.74) is 0.